The van der Waals surface area contributed by atoms with Crippen molar-refractivity contribution in [3.63, 3.8) is 0 Å². The van der Waals surface area contributed by atoms with Crippen molar-refractivity contribution in [2.45, 2.75) is 46.1 Å². The fraction of sp³-hybridized carbons (Fsp3) is 0.571. The summed E-state index contributed by atoms with van der Waals surface area (Å²) < 4.78 is 181. The second-order valence-electron chi connectivity index (χ2n) is 5.45. The van der Waals surface area contributed by atoms with Crippen LogP contribution in [0.4, 0.5) is 65.9 Å². The molecule has 0 nitrogen and oxygen atoms in total. The monoisotopic (exact) mass is 588 g/mol. The van der Waals surface area contributed by atoms with Gasteiger partial charge in [0.15, 0.2) is 0 Å². The van der Waals surface area contributed by atoms with E-state index in [1.54, 1.807) is 0 Å². The zero-order chi connectivity index (χ0) is 24.4. The molecule has 0 spiro atoms. The lowest BCUT2D eigenvalue weighted by Gasteiger charge is -2.40. The summed E-state index contributed by atoms with van der Waals surface area (Å²) in [6, 6.07) is 12.0. The van der Waals surface area contributed by atoms with Crippen molar-refractivity contribution in [3.05, 3.63) is 36.4 Å². The fourth-order valence-electron chi connectivity index (χ4n) is 1.55. The van der Waals surface area contributed by atoms with Crippen molar-refractivity contribution in [1.82, 2.24) is 0 Å². The lowest BCUT2D eigenvalue weighted by molar-refractivity contribution is -0.419. The van der Waals surface area contributed by atoms with Gasteiger partial charge in [-0.2, -0.15) is 65.9 Å². The molecule has 0 fully saturated rings. The number of hydrogen-bond acceptors (Lipinski definition) is 0. The molecule has 1 aromatic rings. The summed E-state index contributed by atoms with van der Waals surface area (Å²) in [6.07, 6.45) is -10.4. The predicted molar refractivity (Wildman–Crippen MR) is 80.8 cm³/mol. The maximum atomic E-state index is 12.9. The Morgan fingerprint density at radius 3 is 0.933 bits per heavy atom. The standard InChI is InChI=1S/C8H2F15I.C6H6/c9-2(10,1-3(11,12)13)4(14,15)5(16,17)6(18,19)7(20,21)8(22,23)24;1-2-4-6-5-3-1/h1H2;1-6H. The Morgan fingerprint density at radius 2 is 0.700 bits per heavy atom. The highest BCUT2D eigenvalue weighted by atomic mass is 127. The Bertz CT molecular complexity index is 633. The number of alkyl halides is 16. The second kappa shape index (κ2) is 8.80. The minimum atomic E-state index is -7.97. The van der Waals surface area contributed by atoms with Gasteiger partial charge in [0.25, 0.3) is 0 Å². The minimum Gasteiger partial charge on any atom is -0.199 e. The third-order valence-corrected chi connectivity index (χ3v) is 3.76. The molecular weight excluding hydrogens is 580 g/mol. The summed E-state index contributed by atoms with van der Waals surface area (Å²) in [7, 11) is 0. The average molecular weight is 588 g/mol. The lowest BCUT2D eigenvalue weighted by atomic mass is 9.93. The summed E-state index contributed by atoms with van der Waals surface area (Å²) in [5, 5.41) is 0. The summed E-state index contributed by atoms with van der Waals surface area (Å²) in [5.41, 5.74) is 0. The van der Waals surface area contributed by atoms with E-state index >= 15 is 0 Å². The SMILES string of the molecule is FC(F)(F)CC(F)(F)C(F)(F)C(F)(F)C(F)(F)C(F)(F)C(F)(F)I.c1ccccc1. The van der Waals surface area contributed by atoms with Crippen LogP contribution in [0.25, 0.3) is 0 Å². The fourth-order valence-corrected chi connectivity index (χ4v) is 1.89. The highest BCUT2D eigenvalue weighted by molar-refractivity contribution is 14.1. The molecule has 0 radical (unpaired) electrons. The topological polar surface area (TPSA) is 0 Å². The van der Waals surface area contributed by atoms with E-state index in [1.807, 2.05) is 36.4 Å². The van der Waals surface area contributed by atoms with Crippen molar-refractivity contribution >= 4 is 22.6 Å². The number of benzene rings is 1. The molecule has 0 aliphatic rings. The zero-order valence-electron chi connectivity index (χ0n) is 13.7. The van der Waals surface area contributed by atoms with Gasteiger partial charge in [0.1, 0.15) is 6.42 Å². The smallest absolute Gasteiger partial charge is 0.199 e. The maximum Gasteiger partial charge on any atom is 0.395 e. The van der Waals surface area contributed by atoms with Gasteiger partial charge in [0.2, 0.25) is 0 Å². The van der Waals surface area contributed by atoms with Crippen LogP contribution < -0.4 is 0 Å². The van der Waals surface area contributed by atoms with Crippen molar-refractivity contribution < 1.29 is 65.9 Å². The molecule has 0 saturated heterocycles. The number of halogens is 16. The van der Waals surface area contributed by atoms with Gasteiger partial charge < -0.3 is 0 Å². The van der Waals surface area contributed by atoms with Gasteiger partial charge in [-0.25, -0.2) is 0 Å². The van der Waals surface area contributed by atoms with Gasteiger partial charge in [0, 0.05) is 22.6 Å². The van der Waals surface area contributed by atoms with Crippen LogP contribution in [0, 0.1) is 0 Å². The van der Waals surface area contributed by atoms with Crippen molar-refractivity contribution in [3.8, 4) is 0 Å². The van der Waals surface area contributed by atoms with Gasteiger partial charge >= 0.3 is 39.7 Å². The molecular formula is C14H8F15I. The summed E-state index contributed by atoms with van der Waals surface area (Å²) in [4.78, 5) is 0. The quantitative estimate of drug-likeness (QED) is 0.181. The molecule has 0 aromatic heterocycles. The first kappa shape index (κ1) is 28.9. The Labute approximate surface area is 171 Å². The van der Waals surface area contributed by atoms with Crippen molar-refractivity contribution in [2.75, 3.05) is 0 Å². The largest absolute Gasteiger partial charge is 0.395 e. The minimum absolute atomic E-state index is 0.853. The van der Waals surface area contributed by atoms with E-state index in [1.165, 1.54) is 0 Å². The summed E-state index contributed by atoms with van der Waals surface area (Å²) >= 11 is -0.853. The summed E-state index contributed by atoms with van der Waals surface area (Å²) in [6.45, 7) is 0. The third kappa shape index (κ3) is 5.77. The van der Waals surface area contributed by atoms with E-state index in [4.69, 9.17) is 0 Å². The Kier molecular flexibility index (Phi) is 8.48. The van der Waals surface area contributed by atoms with Crippen LogP contribution in [-0.2, 0) is 0 Å². The van der Waals surface area contributed by atoms with Crippen LogP contribution in [-0.4, -0.2) is 39.7 Å². The lowest BCUT2D eigenvalue weighted by Crippen LogP contribution is -2.70. The number of hydrogen-bond donors (Lipinski definition) is 0. The molecule has 0 aliphatic carbocycles. The predicted octanol–water partition coefficient (Wildman–Crippen LogP) is 7.83. The van der Waals surface area contributed by atoms with E-state index in [0.29, 0.717) is 0 Å². The molecule has 0 saturated carbocycles. The molecule has 176 valence electrons. The molecule has 0 atom stereocenters. The summed E-state index contributed by atoms with van der Waals surface area (Å²) in [5.74, 6) is -37.9. The molecule has 0 unspecified atom stereocenters. The zero-order valence-corrected chi connectivity index (χ0v) is 15.9. The third-order valence-electron chi connectivity index (χ3n) is 3.09. The van der Waals surface area contributed by atoms with Crippen LogP contribution in [0.3, 0.4) is 0 Å². The molecule has 16 heteroatoms. The Balaban J connectivity index is 0.00000118. The molecule has 0 aliphatic heterocycles. The van der Waals surface area contributed by atoms with E-state index in [9.17, 15) is 65.9 Å². The van der Waals surface area contributed by atoms with Gasteiger partial charge in [0.05, 0.1) is 0 Å². The second-order valence-corrected chi connectivity index (χ2v) is 6.80. The number of rotatable bonds is 6. The molecule has 1 aromatic carbocycles. The van der Waals surface area contributed by atoms with Gasteiger partial charge in [-0.05, 0) is 0 Å². The average Bonchev–Trinajstić information content (AvgIpc) is 2.53. The maximum absolute atomic E-state index is 12.9. The Morgan fingerprint density at radius 1 is 0.433 bits per heavy atom. The highest BCUT2D eigenvalue weighted by Gasteiger charge is 2.90. The first-order chi connectivity index (χ1) is 13.0. The van der Waals surface area contributed by atoms with E-state index in [0.717, 1.165) is 0 Å². The van der Waals surface area contributed by atoms with Gasteiger partial charge in [-0.1, -0.05) is 36.4 Å². The molecule has 0 N–H and O–H groups in total. The van der Waals surface area contributed by atoms with E-state index in [-0.39, 0.29) is 0 Å². The van der Waals surface area contributed by atoms with Crippen molar-refractivity contribution in [2.24, 2.45) is 0 Å². The first-order valence-electron chi connectivity index (χ1n) is 6.98. The molecule has 0 heterocycles. The van der Waals surface area contributed by atoms with Gasteiger partial charge in [-0.3, -0.25) is 0 Å². The van der Waals surface area contributed by atoms with Crippen LogP contribution in [0.15, 0.2) is 36.4 Å². The van der Waals surface area contributed by atoms with E-state index in [2.05, 4.69) is 0 Å². The van der Waals surface area contributed by atoms with Crippen molar-refractivity contribution in [1.29, 1.82) is 0 Å². The van der Waals surface area contributed by atoms with Crippen LogP contribution in [0.1, 0.15) is 6.42 Å². The highest BCUT2D eigenvalue weighted by Crippen LogP contribution is 2.62. The molecule has 30 heavy (non-hydrogen) atoms. The van der Waals surface area contributed by atoms with Crippen LogP contribution >= 0.6 is 22.6 Å². The Hall–Kier alpha value is -1.10. The molecule has 0 bridgehead atoms. The van der Waals surface area contributed by atoms with Crippen LogP contribution in [0.2, 0.25) is 0 Å². The normalized spacial score (nSPS) is 14.8. The molecule has 1 rings (SSSR count). The van der Waals surface area contributed by atoms with Gasteiger partial charge in [-0.15, -0.1) is 0 Å². The van der Waals surface area contributed by atoms with Crippen LogP contribution in [0.5, 0.6) is 0 Å². The molecule has 0 amide bonds. The van der Waals surface area contributed by atoms with E-state index < -0.39 is 68.7 Å². The first-order valence-corrected chi connectivity index (χ1v) is 8.06.